The van der Waals surface area contributed by atoms with Crippen LogP contribution in [0.3, 0.4) is 0 Å². The minimum Gasteiger partial charge on any atom is -0.454 e. The summed E-state index contributed by atoms with van der Waals surface area (Å²) in [4.78, 5) is 54.0. The fourth-order valence-corrected chi connectivity index (χ4v) is 6.04. The van der Waals surface area contributed by atoms with Gasteiger partial charge in [-0.1, -0.05) is 13.0 Å². The van der Waals surface area contributed by atoms with E-state index in [9.17, 15) is 19.2 Å². The van der Waals surface area contributed by atoms with Gasteiger partial charge in [0.15, 0.2) is 11.5 Å². The summed E-state index contributed by atoms with van der Waals surface area (Å²) in [5, 5.41) is 4.62. The Morgan fingerprint density at radius 1 is 1.11 bits per heavy atom. The molecule has 1 fully saturated rings. The van der Waals surface area contributed by atoms with Gasteiger partial charge in [-0.2, -0.15) is 0 Å². The molecule has 2 aliphatic heterocycles. The maximum atomic E-state index is 13.4. The predicted molar refractivity (Wildman–Crippen MR) is 144 cm³/mol. The number of rotatable bonds is 9. The second kappa shape index (κ2) is 11.4. The van der Waals surface area contributed by atoms with Crippen molar-refractivity contribution < 1.29 is 19.1 Å². The van der Waals surface area contributed by atoms with Crippen molar-refractivity contribution in [2.75, 3.05) is 13.3 Å². The molecule has 10 nitrogen and oxygen atoms in total. The Labute approximate surface area is 223 Å². The third-order valence-corrected chi connectivity index (χ3v) is 8.15. The molecule has 2 amide bonds. The molecule has 0 saturated carbocycles. The van der Waals surface area contributed by atoms with Crippen LogP contribution in [0.15, 0.2) is 39.2 Å². The lowest BCUT2D eigenvalue weighted by Crippen LogP contribution is -2.47. The highest BCUT2D eigenvalue weighted by atomic mass is 32.1. The molecule has 202 valence electrons. The Morgan fingerprint density at radius 2 is 1.95 bits per heavy atom. The molecule has 1 saturated heterocycles. The summed E-state index contributed by atoms with van der Waals surface area (Å²) in [7, 11) is 0. The minimum atomic E-state index is -0.514. The van der Waals surface area contributed by atoms with Crippen LogP contribution in [0.25, 0.3) is 10.2 Å². The number of benzene rings is 1. The zero-order chi connectivity index (χ0) is 26.6. The number of amides is 2. The number of ether oxygens (including phenoxy) is 2. The van der Waals surface area contributed by atoms with Gasteiger partial charge in [-0.15, -0.1) is 11.3 Å². The second-order valence-corrected chi connectivity index (χ2v) is 10.6. The van der Waals surface area contributed by atoms with Gasteiger partial charge in [0.1, 0.15) is 11.2 Å². The average Bonchev–Trinajstić information content (AvgIpc) is 3.61. The van der Waals surface area contributed by atoms with Crippen LogP contribution in [-0.4, -0.2) is 45.2 Å². The molecular weight excluding hydrogens is 508 g/mol. The second-order valence-electron chi connectivity index (χ2n) is 9.67. The summed E-state index contributed by atoms with van der Waals surface area (Å²) in [6.45, 7) is 3.29. The number of piperidine rings is 1. The maximum Gasteiger partial charge on any atom is 0.332 e. The number of aromatic nitrogens is 2. The first-order chi connectivity index (χ1) is 18.5. The van der Waals surface area contributed by atoms with E-state index in [1.807, 2.05) is 17.0 Å². The number of hydrogen-bond donors (Lipinski definition) is 1. The lowest BCUT2D eigenvalue weighted by Gasteiger charge is -2.35. The van der Waals surface area contributed by atoms with E-state index in [1.165, 1.54) is 15.9 Å². The Kier molecular flexibility index (Phi) is 7.82. The predicted octanol–water partition coefficient (Wildman–Crippen LogP) is 2.84. The number of nitrogens with zero attached hydrogens (tertiary/aromatic N) is 3. The van der Waals surface area contributed by atoms with E-state index in [-0.39, 0.29) is 49.7 Å². The first kappa shape index (κ1) is 26.0. The molecule has 38 heavy (non-hydrogen) atoms. The third kappa shape index (κ3) is 5.33. The van der Waals surface area contributed by atoms with Gasteiger partial charge in [-0.3, -0.25) is 23.5 Å². The number of carbonyl (C=O) groups is 2. The van der Waals surface area contributed by atoms with Crippen molar-refractivity contribution in [1.29, 1.82) is 0 Å². The zero-order valence-corrected chi connectivity index (χ0v) is 22.3. The maximum absolute atomic E-state index is 13.4. The highest BCUT2D eigenvalue weighted by Gasteiger charge is 2.26. The van der Waals surface area contributed by atoms with Crippen LogP contribution >= 0.6 is 11.3 Å². The zero-order valence-electron chi connectivity index (χ0n) is 21.4. The normalized spacial score (nSPS) is 16.7. The molecule has 1 unspecified atom stereocenters. The Morgan fingerprint density at radius 3 is 2.79 bits per heavy atom. The monoisotopic (exact) mass is 540 g/mol. The van der Waals surface area contributed by atoms with Gasteiger partial charge in [0.05, 0.1) is 5.52 Å². The number of nitrogens with one attached hydrogen (secondary N) is 1. The van der Waals surface area contributed by atoms with Gasteiger partial charge in [0, 0.05) is 32.1 Å². The fourth-order valence-electron chi connectivity index (χ4n) is 5.20. The highest BCUT2D eigenvalue weighted by molar-refractivity contribution is 7.17. The number of thiophene rings is 1. The molecular formula is C27H32N4O6S. The van der Waals surface area contributed by atoms with E-state index >= 15 is 0 Å². The molecule has 5 rings (SSSR count). The summed E-state index contributed by atoms with van der Waals surface area (Å²) in [6, 6.07) is 7.40. The fraction of sp³-hybridized carbons (Fsp3) is 0.481. The molecule has 1 aromatic carbocycles. The topological polar surface area (TPSA) is 112 Å². The number of fused-ring (bicyclic) bond motifs is 2. The SMILES string of the molecule is CCC1CCCCN1C(=O)Cn1c(=O)n(CCCC(=O)NCc2ccc3c(c2)OCO3)c(=O)c2sccc21. The first-order valence-corrected chi connectivity index (χ1v) is 14.0. The minimum absolute atomic E-state index is 0.0957. The molecule has 2 aliphatic rings. The standard InChI is InChI=1S/C27H32N4O6S/c1-2-19-6-3-4-11-29(19)24(33)16-31-20-10-13-38-25(20)26(34)30(27(31)35)12-5-7-23(32)28-15-18-8-9-21-22(14-18)37-17-36-21/h8-10,13-14,19H,2-7,11-12,15-17H2,1H3,(H,28,32). The summed E-state index contributed by atoms with van der Waals surface area (Å²) in [5.41, 5.74) is 0.476. The van der Waals surface area contributed by atoms with Crippen molar-refractivity contribution >= 4 is 33.4 Å². The Bertz CT molecular complexity index is 1460. The lowest BCUT2D eigenvalue weighted by atomic mass is 10.00. The Balaban J connectivity index is 1.24. The molecule has 2 aromatic heterocycles. The van der Waals surface area contributed by atoms with Crippen LogP contribution in [0.4, 0.5) is 0 Å². The van der Waals surface area contributed by atoms with Gasteiger partial charge < -0.3 is 19.7 Å². The van der Waals surface area contributed by atoms with Crippen LogP contribution in [0.2, 0.25) is 0 Å². The summed E-state index contributed by atoms with van der Waals surface area (Å²) in [5.74, 6) is 1.06. The van der Waals surface area contributed by atoms with Crippen LogP contribution in [0, 0.1) is 0 Å². The van der Waals surface area contributed by atoms with Crippen molar-refractivity contribution in [2.24, 2.45) is 0 Å². The molecule has 1 atom stereocenters. The van der Waals surface area contributed by atoms with E-state index in [0.717, 1.165) is 35.8 Å². The molecule has 0 radical (unpaired) electrons. The van der Waals surface area contributed by atoms with Gasteiger partial charge in [0.2, 0.25) is 18.6 Å². The smallest absolute Gasteiger partial charge is 0.332 e. The Hall–Kier alpha value is -3.60. The van der Waals surface area contributed by atoms with E-state index in [4.69, 9.17) is 9.47 Å². The summed E-state index contributed by atoms with van der Waals surface area (Å²) in [6.07, 6.45) is 4.39. The summed E-state index contributed by atoms with van der Waals surface area (Å²) < 4.78 is 13.7. The molecule has 0 aliphatic carbocycles. The highest BCUT2D eigenvalue weighted by Crippen LogP contribution is 2.32. The summed E-state index contributed by atoms with van der Waals surface area (Å²) >= 11 is 1.26. The first-order valence-electron chi connectivity index (χ1n) is 13.1. The lowest BCUT2D eigenvalue weighted by molar-refractivity contribution is -0.135. The number of hydrogen-bond acceptors (Lipinski definition) is 7. The van der Waals surface area contributed by atoms with Crippen LogP contribution in [-0.2, 0) is 29.2 Å². The quantitative estimate of drug-likeness (QED) is 0.447. The molecule has 4 heterocycles. The van der Waals surface area contributed by atoms with Crippen LogP contribution < -0.4 is 26.0 Å². The number of likely N-dealkylation sites (tertiary alicyclic amines) is 1. The molecule has 11 heteroatoms. The third-order valence-electron chi connectivity index (χ3n) is 7.26. The van der Waals surface area contributed by atoms with Crippen molar-refractivity contribution in [3.05, 3.63) is 56.0 Å². The van der Waals surface area contributed by atoms with Crippen LogP contribution in [0.5, 0.6) is 11.5 Å². The average molecular weight is 541 g/mol. The van der Waals surface area contributed by atoms with Crippen molar-refractivity contribution in [3.8, 4) is 11.5 Å². The van der Waals surface area contributed by atoms with Gasteiger partial charge in [0.25, 0.3) is 5.56 Å². The van der Waals surface area contributed by atoms with Crippen molar-refractivity contribution in [3.63, 3.8) is 0 Å². The largest absolute Gasteiger partial charge is 0.454 e. The molecule has 3 aromatic rings. The van der Waals surface area contributed by atoms with Crippen molar-refractivity contribution in [2.45, 2.75) is 71.1 Å². The van der Waals surface area contributed by atoms with E-state index in [0.29, 0.717) is 41.2 Å². The van der Waals surface area contributed by atoms with Gasteiger partial charge in [-0.25, -0.2) is 4.79 Å². The molecule has 0 bridgehead atoms. The van der Waals surface area contributed by atoms with Gasteiger partial charge >= 0.3 is 5.69 Å². The van der Waals surface area contributed by atoms with E-state index in [1.54, 1.807) is 17.5 Å². The van der Waals surface area contributed by atoms with Crippen LogP contribution in [0.1, 0.15) is 51.0 Å². The van der Waals surface area contributed by atoms with E-state index < -0.39 is 5.69 Å². The molecule has 1 N–H and O–H groups in total. The van der Waals surface area contributed by atoms with Gasteiger partial charge in [-0.05, 0) is 61.2 Å². The van der Waals surface area contributed by atoms with Crippen molar-refractivity contribution in [1.82, 2.24) is 19.4 Å². The molecule has 0 spiro atoms. The van der Waals surface area contributed by atoms with E-state index in [2.05, 4.69) is 12.2 Å². The number of carbonyl (C=O) groups excluding carboxylic acids is 2.